The average Bonchev–Trinajstić information content (AvgIpc) is 3.26. The van der Waals surface area contributed by atoms with Crippen LogP contribution in [0.1, 0.15) is 58.4 Å². The summed E-state index contributed by atoms with van der Waals surface area (Å²) in [6.45, 7) is 7.24. The van der Waals surface area contributed by atoms with E-state index in [9.17, 15) is 14.4 Å². The van der Waals surface area contributed by atoms with Gasteiger partial charge in [-0.1, -0.05) is 11.6 Å². The molecular weight excluding hydrogens is 472 g/mol. The number of anilines is 1. The molecule has 2 fully saturated rings. The molecule has 2 heterocycles. The molecule has 0 bridgehead atoms. The Hall–Kier alpha value is -2.65. The van der Waals surface area contributed by atoms with Gasteiger partial charge in [-0.05, 0) is 83.0 Å². The van der Waals surface area contributed by atoms with Crippen LogP contribution in [-0.4, -0.2) is 58.7 Å². The summed E-state index contributed by atoms with van der Waals surface area (Å²) in [6, 6.07) is 1.62. The van der Waals surface area contributed by atoms with Crippen LogP contribution in [0.25, 0.3) is 6.08 Å². The molecule has 1 aromatic heterocycles. The van der Waals surface area contributed by atoms with Crippen LogP contribution < -0.4 is 16.0 Å². The maximum absolute atomic E-state index is 13.7. The number of hydrogen-bond acceptors (Lipinski definition) is 7. The number of carbonyl (C=O) groups excluding carboxylic acids is 2. The largest absolute Gasteiger partial charge is 0.478 e. The molecule has 9 nitrogen and oxygen atoms in total. The van der Waals surface area contributed by atoms with E-state index < -0.39 is 23.2 Å². The quantitative estimate of drug-likeness (QED) is 0.391. The van der Waals surface area contributed by atoms with Gasteiger partial charge in [0, 0.05) is 31.3 Å². The molecular formula is C25H35ClN4O5. The van der Waals surface area contributed by atoms with Crippen LogP contribution in [-0.2, 0) is 14.3 Å². The van der Waals surface area contributed by atoms with Crippen molar-refractivity contribution in [3.63, 3.8) is 0 Å². The normalized spacial score (nSPS) is 24.8. The van der Waals surface area contributed by atoms with Crippen LogP contribution in [0.4, 0.5) is 10.6 Å². The van der Waals surface area contributed by atoms with E-state index in [2.05, 4.69) is 20.9 Å². The number of ether oxygens (including phenoxy) is 1. The number of carboxylic acid groups (broad SMARTS) is 1. The van der Waals surface area contributed by atoms with Crippen LogP contribution in [0.2, 0.25) is 5.02 Å². The van der Waals surface area contributed by atoms with E-state index in [-0.39, 0.29) is 11.7 Å². The summed E-state index contributed by atoms with van der Waals surface area (Å²) in [7, 11) is 0. The third-order valence-corrected chi connectivity index (χ3v) is 6.70. The Balaban J connectivity index is 1.59. The Morgan fingerprint density at radius 3 is 2.57 bits per heavy atom. The SMILES string of the molecule is CC(C)(C)OC(=O)NC[C@H]1CC[C@H](C(=O)[C@@]2(Nc3ncc(/C=C/C(=O)O)cc3Cl)CCNC2)CC1. The van der Waals surface area contributed by atoms with Crippen molar-refractivity contribution in [2.45, 2.75) is 64.0 Å². The van der Waals surface area contributed by atoms with Gasteiger partial charge < -0.3 is 25.8 Å². The summed E-state index contributed by atoms with van der Waals surface area (Å²) in [6.07, 6.45) is 7.43. The van der Waals surface area contributed by atoms with Gasteiger partial charge in [0.2, 0.25) is 0 Å². The molecule has 1 aliphatic carbocycles. The molecule has 0 radical (unpaired) electrons. The number of carboxylic acids is 1. The monoisotopic (exact) mass is 506 g/mol. The van der Waals surface area contributed by atoms with Gasteiger partial charge in [-0.25, -0.2) is 14.6 Å². The maximum Gasteiger partial charge on any atom is 0.407 e. The fourth-order valence-electron chi connectivity index (χ4n) is 4.66. The molecule has 1 aliphatic heterocycles. The highest BCUT2D eigenvalue weighted by Gasteiger charge is 2.45. The Labute approximate surface area is 211 Å². The van der Waals surface area contributed by atoms with E-state index in [4.69, 9.17) is 21.4 Å². The van der Waals surface area contributed by atoms with E-state index in [0.29, 0.717) is 48.4 Å². The van der Waals surface area contributed by atoms with Crippen LogP contribution >= 0.6 is 11.6 Å². The number of aromatic nitrogens is 1. The van der Waals surface area contributed by atoms with Gasteiger partial charge in [-0.15, -0.1) is 0 Å². The van der Waals surface area contributed by atoms with Crippen molar-refractivity contribution >= 4 is 41.3 Å². The number of halogens is 1. The number of alkyl carbamates (subject to hydrolysis) is 1. The second-order valence-electron chi connectivity index (χ2n) is 10.4. The van der Waals surface area contributed by atoms with Gasteiger partial charge in [0.1, 0.15) is 17.0 Å². The van der Waals surface area contributed by atoms with Gasteiger partial charge in [-0.3, -0.25) is 4.79 Å². The molecule has 1 saturated carbocycles. The minimum Gasteiger partial charge on any atom is -0.478 e. The van der Waals surface area contributed by atoms with Crippen molar-refractivity contribution in [2.24, 2.45) is 11.8 Å². The third-order valence-electron chi connectivity index (χ3n) is 6.42. The highest BCUT2D eigenvalue weighted by molar-refractivity contribution is 6.33. The Bertz CT molecular complexity index is 961. The van der Waals surface area contributed by atoms with Crippen molar-refractivity contribution in [3.05, 3.63) is 28.9 Å². The minimum atomic E-state index is -1.06. The molecule has 4 N–H and O–H groups in total. The summed E-state index contributed by atoms with van der Waals surface area (Å²) in [5.41, 5.74) is -0.759. The Morgan fingerprint density at radius 2 is 2.00 bits per heavy atom. The highest BCUT2D eigenvalue weighted by atomic mass is 35.5. The minimum absolute atomic E-state index is 0.0725. The topological polar surface area (TPSA) is 130 Å². The number of nitrogens with one attached hydrogen (secondary N) is 3. The van der Waals surface area contributed by atoms with Crippen LogP contribution in [0.15, 0.2) is 18.3 Å². The summed E-state index contributed by atoms with van der Waals surface area (Å²) >= 11 is 6.41. The zero-order valence-electron chi connectivity index (χ0n) is 20.5. The molecule has 1 amide bonds. The number of nitrogens with zero attached hydrogens (tertiary/aromatic N) is 1. The predicted molar refractivity (Wildman–Crippen MR) is 134 cm³/mol. The van der Waals surface area contributed by atoms with Crippen molar-refractivity contribution in [1.82, 2.24) is 15.6 Å². The van der Waals surface area contributed by atoms with Crippen LogP contribution in [0.5, 0.6) is 0 Å². The van der Waals surface area contributed by atoms with Gasteiger partial charge >= 0.3 is 12.1 Å². The van der Waals surface area contributed by atoms with Crippen molar-refractivity contribution in [2.75, 3.05) is 25.0 Å². The first-order chi connectivity index (χ1) is 16.5. The van der Waals surface area contributed by atoms with E-state index >= 15 is 0 Å². The van der Waals surface area contributed by atoms with Gasteiger partial charge in [0.05, 0.1) is 5.02 Å². The molecule has 0 unspecified atom stereocenters. The fraction of sp³-hybridized carbons (Fsp3) is 0.600. The standard InChI is InChI=1S/C25H35ClN4O5/c1-24(2,3)35-23(34)29-13-16-4-7-18(8-5-16)21(33)25(10-11-27-15-25)30-22-19(26)12-17(14-28-22)6-9-20(31)32/h6,9,12,14,16,18,27H,4-5,7-8,10-11,13,15H2,1-3H3,(H,28,30)(H,29,34)(H,31,32)/b9-6+/t16-,18-,25-/m1/s1. The molecule has 3 rings (SSSR count). The lowest BCUT2D eigenvalue weighted by Gasteiger charge is -2.36. The first kappa shape index (κ1) is 26.9. The van der Waals surface area contributed by atoms with Crippen LogP contribution in [0.3, 0.4) is 0 Å². The fourth-order valence-corrected chi connectivity index (χ4v) is 4.88. The van der Waals surface area contributed by atoms with E-state index in [1.807, 2.05) is 20.8 Å². The number of Topliss-reactive ketones (excluding diaryl/α,β-unsaturated/α-hetero) is 1. The van der Waals surface area contributed by atoms with Crippen molar-refractivity contribution in [1.29, 1.82) is 0 Å². The second kappa shape index (κ2) is 11.4. The summed E-state index contributed by atoms with van der Waals surface area (Å²) in [4.78, 5) is 40.7. The predicted octanol–water partition coefficient (Wildman–Crippen LogP) is 3.88. The molecule has 1 aromatic rings. The second-order valence-corrected chi connectivity index (χ2v) is 10.8. The summed E-state index contributed by atoms with van der Waals surface area (Å²) < 4.78 is 5.30. The Morgan fingerprint density at radius 1 is 1.29 bits per heavy atom. The van der Waals surface area contributed by atoms with E-state index in [1.165, 1.54) is 12.3 Å². The number of aliphatic carboxylic acids is 1. The molecule has 0 aromatic carbocycles. The smallest absolute Gasteiger partial charge is 0.407 e. The number of ketones is 1. The lowest BCUT2D eigenvalue weighted by molar-refractivity contribution is -0.131. The highest BCUT2D eigenvalue weighted by Crippen LogP contribution is 2.35. The van der Waals surface area contributed by atoms with Crippen LogP contribution in [0, 0.1) is 11.8 Å². The van der Waals surface area contributed by atoms with Crippen molar-refractivity contribution in [3.8, 4) is 0 Å². The third kappa shape index (κ3) is 7.67. The number of rotatable bonds is 8. The molecule has 1 atom stereocenters. The number of hydrogen-bond donors (Lipinski definition) is 4. The molecule has 1 saturated heterocycles. The molecule has 192 valence electrons. The summed E-state index contributed by atoms with van der Waals surface area (Å²) in [5.74, 6) is -0.239. The van der Waals surface area contributed by atoms with Gasteiger partial charge in [-0.2, -0.15) is 0 Å². The first-order valence-corrected chi connectivity index (χ1v) is 12.4. The molecule has 10 heteroatoms. The maximum atomic E-state index is 13.7. The average molecular weight is 507 g/mol. The van der Waals surface area contributed by atoms with Gasteiger partial charge in [0.25, 0.3) is 0 Å². The summed E-state index contributed by atoms with van der Waals surface area (Å²) in [5, 5.41) is 18.6. The number of pyridine rings is 1. The van der Waals surface area contributed by atoms with Gasteiger partial charge in [0.15, 0.2) is 5.78 Å². The zero-order chi connectivity index (χ0) is 25.6. The zero-order valence-corrected chi connectivity index (χ0v) is 21.3. The van der Waals surface area contributed by atoms with Crippen molar-refractivity contribution < 1.29 is 24.2 Å². The number of amides is 1. The lowest BCUT2D eigenvalue weighted by Crippen LogP contribution is -2.52. The first-order valence-electron chi connectivity index (χ1n) is 12.0. The lowest BCUT2D eigenvalue weighted by atomic mass is 9.74. The molecule has 35 heavy (non-hydrogen) atoms. The molecule has 0 spiro atoms. The van der Waals surface area contributed by atoms with E-state index in [1.54, 1.807) is 6.07 Å². The van der Waals surface area contributed by atoms with E-state index in [0.717, 1.165) is 31.8 Å². The Kier molecular flexibility index (Phi) is 8.77. The number of carbonyl (C=O) groups is 3. The molecule has 2 aliphatic rings.